The highest BCUT2D eigenvalue weighted by Gasteiger charge is 2.33. The van der Waals surface area contributed by atoms with Crippen molar-refractivity contribution in [3.63, 3.8) is 0 Å². The lowest BCUT2D eigenvalue weighted by molar-refractivity contribution is -0.115. The molecule has 1 unspecified atom stereocenters. The van der Waals surface area contributed by atoms with E-state index in [9.17, 15) is 13.2 Å². The number of nitrogens with two attached hydrogens (primary N) is 1. The molecule has 0 spiro atoms. The Balaban J connectivity index is 1.44. The fourth-order valence-electron chi connectivity index (χ4n) is 3.32. The Morgan fingerprint density at radius 3 is 2.45 bits per heavy atom. The van der Waals surface area contributed by atoms with Crippen LogP contribution in [0.4, 0.5) is 11.6 Å². The van der Waals surface area contributed by atoms with Gasteiger partial charge in [-0.2, -0.15) is 0 Å². The number of nitrogens with zero attached hydrogens (tertiary/aromatic N) is 4. The molecule has 0 radical (unpaired) electrons. The van der Waals surface area contributed by atoms with E-state index in [1.54, 1.807) is 0 Å². The standard InChI is InChI=1S/C18H24N6O3S2/c1-12(16(25)20-13-4-8-15(9-5-13)29(19,26)27)28-18-22-21-17(23-10-2-3-11-23)24(18)14-6-7-14/h4-5,8-9,12,14H,2-3,6-7,10-11H2,1H3,(H,20,25)(H2,19,26,27). The minimum absolute atomic E-state index is 0.00454. The Morgan fingerprint density at radius 1 is 1.21 bits per heavy atom. The van der Waals surface area contributed by atoms with E-state index in [4.69, 9.17) is 5.14 Å². The zero-order valence-corrected chi connectivity index (χ0v) is 17.7. The Labute approximate surface area is 174 Å². The summed E-state index contributed by atoms with van der Waals surface area (Å²) in [6.45, 7) is 3.82. The van der Waals surface area contributed by atoms with Gasteiger partial charge in [-0.25, -0.2) is 13.6 Å². The third-order valence-electron chi connectivity index (χ3n) is 5.05. The van der Waals surface area contributed by atoms with Crippen molar-refractivity contribution in [2.75, 3.05) is 23.3 Å². The topological polar surface area (TPSA) is 123 Å². The van der Waals surface area contributed by atoms with Gasteiger partial charge in [0.05, 0.1) is 10.1 Å². The van der Waals surface area contributed by atoms with Gasteiger partial charge in [0, 0.05) is 24.8 Å². The molecule has 1 aliphatic heterocycles. The Morgan fingerprint density at radius 2 is 1.86 bits per heavy atom. The van der Waals surface area contributed by atoms with Crippen LogP contribution in [0.15, 0.2) is 34.3 Å². The lowest BCUT2D eigenvalue weighted by atomic mass is 10.3. The zero-order valence-electron chi connectivity index (χ0n) is 16.1. The van der Waals surface area contributed by atoms with Crippen molar-refractivity contribution in [3.8, 4) is 0 Å². The monoisotopic (exact) mass is 436 g/mol. The molecule has 1 atom stereocenters. The van der Waals surface area contributed by atoms with Gasteiger partial charge >= 0.3 is 0 Å². The maximum atomic E-state index is 12.6. The van der Waals surface area contributed by atoms with Gasteiger partial charge in [-0.1, -0.05) is 11.8 Å². The first-order valence-corrected chi connectivity index (χ1v) is 12.1. The Bertz CT molecular complexity index is 995. The van der Waals surface area contributed by atoms with Gasteiger partial charge in [-0.3, -0.25) is 9.36 Å². The van der Waals surface area contributed by atoms with Gasteiger partial charge in [0.1, 0.15) is 0 Å². The minimum atomic E-state index is -3.76. The highest BCUT2D eigenvalue weighted by Crippen LogP contribution is 2.42. The van der Waals surface area contributed by atoms with Crippen LogP contribution >= 0.6 is 11.8 Å². The van der Waals surface area contributed by atoms with E-state index in [0.29, 0.717) is 11.7 Å². The number of hydrogen-bond donors (Lipinski definition) is 2. The van der Waals surface area contributed by atoms with E-state index >= 15 is 0 Å². The van der Waals surface area contributed by atoms with Crippen molar-refractivity contribution in [3.05, 3.63) is 24.3 Å². The second-order valence-corrected chi connectivity index (χ2v) is 10.3. The molecule has 0 bridgehead atoms. The van der Waals surface area contributed by atoms with Crippen molar-refractivity contribution >= 4 is 39.3 Å². The summed E-state index contributed by atoms with van der Waals surface area (Å²) in [4.78, 5) is 14.9. The number of rotatable bonds is 7. The summed E-state index contributed by atoms with van der Waals surface area (Å²) in [5, 5.41) is 17.0. The fraction of sp³-hybridized carbons (Fsp3) is 0.500. The van der Waals surface area contributed by atoms with Gasteiger partial charge in [0.2, 0.25) is 21.9 Å². The van der Waals surface area contributed by atoms with E-state index in [1.165, 1.54) is 48.9 Å². The third kappa shape index (κ3) is 4.57. The number of primary sulfonamides is 1. The average molecular weight is 437 g/mol. The molecule has 9 nitrogen and oxygen atoms in total. The molecule has 4 rings (SSSR count). The number of carbonyl (C=O) groups is 1. The molecule has 1 amide bonds. The zero-order chi connectivity index (χ0) is 20.6. The highest BCUT2D eigenvalue weighted by molar-refractivity contribution is 8.00. The van der Waals surface area contributed by atoms with Crippen LogP contribution in [-0.2, 0) is 14.8 Å². The quantitative estimate of drug-likeness (QED) is 0.636. The number of amides is 1. The summed E-state index contributed by atoms with van der Waals surface area (Å²) in [5.41, 5.74) is 0.510. The summed E-state index contributed by atoms with van der Waals surface area (Å²) < 4.78 is 24.9. The largest absolute Gasteiger partial charge is 0.341 e. The number of aromatic nitrogens is 3. The van der Waals surface area contributed by atoms with E-state index in [-0.39, 0.29) is 16.1 Å². The third-order valence-corrected chi connectivity index (χ3v) is 7.04. The minimum Gasteiger partial charge on any atom is -0.341 e. The first-order chi connectivity index (χ1) is 13.8. The molecule has 2 fully saturated rings. The lowest BCUT2D eigenvalue weighted by Crippen LogP contribution is -2.24. The summed E-state index contributed by atoms with van der Waals surface area (Å²) >= 11 is 1.39. The van der Waals surface area contributed by atoms with Crippen LogP contribution in [-0.4, -0.2) is 47.4 Å². The molecule has 2 aliphatic rings. The average Bonchev–Trinajstić information content (AvgIpc) is 3.20. The molecular weight excluding hydrogens is 412 g/mol. The summed E-state index contributed by atoms with van der Waals surface area (Å²) in [5.74, 6) is 0.727. The van der Waals surface area contributed by atoms with Crippen LogP contribution in [0, 0.1) is 0 Å². The van der Waals surface area contributed by atoms with Gasteiger partial charge in [-0.05, 0) is 56.9 Å². The van der Waals surface area contributed by atoms with E-state index in [0.717, 1.165) is 37.0 Å². The van der Waals surface area contributed by atoms with Crippen LogP contribution in [0.1, 0.15) is 38.6 Å². The van der Waals surface area contributed by atoms with Crippen molar-refractivity contribution in [2.24, 2.45) is 5.14 Å². The van der Waals surface area contributed by atoms with Crippen molar-refractivity contribution in [1.82, 2.24) is 14.8 Å². The molecular formula is C18H24N6O3S2. The number of benzene rings is 1. The molecule has 11 heteroatoms. The molecule has 2 heterocycles. The van der Waals surface area contributed by atoms with E-state index in [1.807, 2.05) is 6.92 Å². The molecule has 1 saturated heterocycles. The van der Waals surface area contributed by atoms with Crippen LogP contribution in [0.5, 0.6) is 0 Å². The normalized spacial score (nSPS) is 18.1. The van der Waals surface area contributed by atoms with Crippen LogP contribution in [0.3, 0.4) is 0 Å². The first-order valence-electron chi connectivity index (χ1n) is 9.63. The molecule has 1 aliphatic carbocycles. The Kier molecular flexibility index (Phi) is 5.54. The lowest BCUT2D eigenvalue weighted by Gasteiger charge is -2.18. The van der Waals surface area contributed by atoms with Gasteiger partial charge < -0.3 is 10.2 Å². The molecule has 156 valence electrons. The maximum absolute atomic E-state index is 12.6. The molecule has 29 heavy (non-hydrogen) atoms. The van der Waals surface area contributed by atoms with Crippen molar-refractivity contribution < 1.29 is 13.2 Å². The van der Waals surface area contributed by atoms with E-state index < -0.39 is 10.0 Å². The van der Waals surface area contributed by atoms with Gasteiger partial charge in [0.25, 0.3) is 0 Å². The summed E-state index contributed by atoms with van der Waals surface area (Å²) in [7, 11) is -3.76. The number of anilines is 2. The molecule has 1 aromatic carbocycles. The second kappa shape index (κ2) is 7.96. The van der Waals surface area contributed by atoms with Crippen LogP contribution < -0.4 is 15.4 Å². The van der Waals surface area contributed by atoms with Crippen LogP contribution in [0.25, 0.3) is 0 Å². The summed E-state index contributed by atoms with van der Waals surface area (Å²) in [6, 6.07) is 6.20. The predicted octanol–water partition coefficient (Wildman–Crippen LogP) is 1.98. The number of nitrogens with one attached hydrogen (secondary N) is 1. The Hall–Kier alpha value is -2.11. The van der Waals surface area contributed by atoms with E-state index in [2.05, 4.69) is 25.0 Å². The molecule has 3 N–H and O–H groups in total. The number of carbonyl (C=O) groups excluding carboxylic acids is 1. The molecule has 1 saturated carbocycles. The number of hydrogen-bond acceptors (Lipinski definition) is 7. The summed E-state index contributed by atoms with van der Waals surface area (Å²) in [6.07, 6.45) is 4.57. The maximum Gasteiger partial charge on any atom is 0.238 e. The number of thioether (sulfide) groups is 1. The first kappa shape index (κ1) is 20.2. The van der Waals surface area contributed by atoms with Gasteiger partial charge in [0.15, 0.2) is 5.16 Å². The SMILES string of the molecule is CC(Sc1nnc(N2CCCC2)n1C1CC1)C(=O)Nc1ccc(S(N)(=O)=O)cc1. The van der Waals surface area contributed by atoms with Crippen LogP contribution in [0.2, 0.25) is 0 Å². The highest BCUT2D eigenvalue weighted by atomic mass is 32.2. The number of sulfonamides is 1. The van der Waals surface area contributed by atoms with Gasteiger partial charge in [-0.15, -0.1) is 10.2 Å². The smallest absolute Gasteiger partial charge is 0.238 e. The molecule has 1 aromatic heterocycles. The second-order valence-electron chi connectivity index (χ2n) is 7.40. The molecule has 2 aromatic rings. The fourth-order valence-corrected chi connectivity index (χ4v) is 4.75. The van der Waals surface area contributed by atoms with Crippen molar-refractivity contribution in [2.45, 2.75) is 54.0 Å². The predicted molar refractivity (Wildman–Crippen MR) is 112 cm³/mol. The van der Waals surface area contributed by atoms with Crippen molar-refractivity contribution in [1.29, 1.82) is 0 Å².